The Labute approximate surface area is 377 Å². The molecule has 8 nitrogen and oxygen atoms in total. The number of benzene rings is 4. The molecule has 64 heavy (non-hydrogen) atoms. The number of fused-ring (bicyclic) bond motifs is 8. The number of hydrogen-bond acceptors (Lipinski definition) is 4. The lowest BCUT2D eigenvalue weighted by Gasteiger charge is -2.23. The first-order chi connectivity index (χ1) is 31.0. The van der Waals surface area contributed by atoms with Crippen LogP contribution in [0.15, 0.2) is 133 Å². The molecule has 3 aromatic heterocycles. The largest absolute Gasteiger partial charge is 0.493 e. The van der Waals surface area contributed by atoms with E-state index in [9.17, 15) is 0 Å². The van der Waals surface area contributed by atoms with E-state index in [1.165, 1.54) is 0 Å². The summed E-state index contributed by atoms with van der Waals surface area (Å²) in [7, 11) is 13.3. The van der Waals surface area contributed by atoms with Crippen molar-refractivity contribution in [3.8, 4) is 56.0 Å². The molecule has 0 spiro atoms. The molecule has 0 saturated heterocycles. The van der Waals surface area contributed by atoms with Crippen molar-refractivity contribution in [3.05, 3.63) is 156 Å². The molecule has 2 aliphatic heterocycles. The molecule has 0 radical (unpaired) electrons. The maximum absolute atomic E-state index is 6.21. The summed E-state index contributed by atoms with van der Waals surface area (Å²) in [5.41, 5.74) is 15.6. The fourth-order valence-electron chi connectivity index (χ4n) is 8.52. The third-order valence-corrected chi connectivity index (χ3v) is 11.6. The van der Waals surface area contributed by atoms with Crippen LogP contribution in [0.3, 0.4) is 0 Å². The van der Waals surface area contributed by atoms with Crippen LogP contribution in [-0.4, -0.2) is 97.5 Å². The van der Waals surface area contributed by atoms with Gasteiger partial charge in [0.05, 0.1) is 91.4 Å². The molecule has 0 amide bonds. The Morgan fingerprint density at radius 1 is 0.375 bits per heavy atom. The van der Waals surface area contributed by atoms with Crippen molar-refractivity contribution in [2.75, 3.05) is 68.6 Å². The highest BCUT2D eigenvalue weighted by molar-refractivity contribution is 5.99. The van der Waals surface area contributed by atoms with E-state index in [1.54, 1.807) is 0 Å². The second kappa shape index (κ2) is 18.0. The second-order valence-corrected chi connectivity index (χ2v) is 18.7. The number of H-pyrrole nitrogens is 2. The first-order valence-electron chi connectivity index (χ1n) is 22.3. The Morgan fingerprint density at radius 3 is 0.969 bits per heavy atom. The molecular weight excluding hydrogens is 789 g/mol. The maximum atomic E-state index is 6.21. The number of aromatic nitrogens is 4. The summed E-state index contributed by atoms with van der Waals surface area (Å²) < 4.78 is 14.3. The summed E-state index contributed by atoms with van der Waals surface area (Å²) in [5.74, 6) is 1.71. The molecule has 0 fully saturated rings. The van der Waals surface area contributed by atoms with Gasteiger partial charge in [-0.2, -0.15) is 0 Å². The second-order valence-electron chi connectivity index (χ2n) is 18.7. The summed E-state index contributed by atoms with van der Waals surface area (Å²) in [6, 6.07) is 46.6. The van der Waals surface area contributed by atoms with Crippen molar-refractivity contribution in [2.24, 2.45) is 0 Å². The van der Waals surface area contributed by atoms with E-state index < -0.39 is 0 Å². The minimum absolute atomic E-state index is 0.672. The van der Waals surface area contributed by atoms with E-state index in [1.807, 2.05) is 0 Å². The van der Waals surface area contributed by atoms with Gasteiger partial charge in [-0.15, -0.1) is 0 Å². The summed E-state index contributed by atoms with van der Waals surface area (Å²) in [4.78, 5) is 18.6. The van der Waals surface area contributed by atoms with Crippen LogP contribution in [0.5, 0.6) is 11.5 Å². The van der Waals surface area contributed by atoms with E-state index in [0.717, 1.165) is 136 Å². The van der Waals surface area contributed by atoms with Crippen molar-refractivity contribution in [3.63, 3.8) is 0 Å². The van der Waals surface area contributed by atoms with Gasteiger partial charge in [-0.25, -0.2) is 9.97 Å². The van der Waals surface area contributed by atoms with Crippen LogP contribution in [0, 0.1) is 0 Å². The molecule has 8 bridgehead atoms. The molecule has 0 aliphatic carbocycles. The Bertz CT molecular complexity index is 2780. The summed E-state index contributed by atoms with van der Waals surface area (Å²) >= 11 is 0. The van der Waals surface area contributed by atoms with Gasteiger partial charge in [0.15, 0.2) is 0 Å². The minimum Gasteiger partial charge on any atom is -0.493 e. The number of nitrogens with one attached hydrogen (secondary N) is 2. The number of aromatic amines is 2. The Kier molecular flexibility index (Phi) is 11.9. The Morgan fingerprint density at radius 2 is 0.672 bits per heavy atom. The summed E-state index contributed by atoms with van der Waals surface area (Å²) in [5, 5.41) is 0. The predicted molar refractivity (Wildman–Crippen MR) is 267 cm³/mol. The molecule has 5 heterocycles. The third kappa shape index (κ3) is 9.64. The average Bonchev–Trinajstić information content (AvgIpc) is 4.13. The third-order valence-electron chi connectivity index (χ3n) is 11.6. The van der Waals surface area contributed by atoms with Gasteiger partial charge in [0.1, 0.15) is 11.5 Å². The van der Waals surface area contributed by atoms with Gasteiger partial charge >= 0.3 is 0 Å². The van der Waals surface area contributed by atoms with Crippen LogP contribution in [-0.2, 0) is 0 Å². The highest BCUT2D eigenvalue weighted by atomic mass is 16.5. The molecule has 9 rings (SSSR count). The molecule has 8 heteroatoms. The van der Waals surface area contributed by atoms with E-state index in [4.69, 9.17) is 19.4 Å². The van der Waals surface area contributed by atoms with Crippen molar-refractivity contribution < 1.29 is 18.4 Å². The van der Waals surface area contributed by atoms with Crippen LogP contribution in [0.25, 0.3) is 90.9 Å². The minimum atomic E-state index is 0.672. The van der Waals surface area contributed by atoms with Gasteiger partial charge in [-0.05, 0) is 95.1 Å². The Balaban J connectivity index is 1.25. The lowest BCUT2D eigenvalue weighted by atomic mass is 10.0. The topological polar surface area (TPSA) is 75.8 Å². The van der Waals surface area contributed by atoms with Gasteiger partial charge in [-0.3, -0.25) is 0 Å². The van der Waals surface area contributed by atoms with Crippen molar-refractivity contribution in [1.29, 1.82) is 0 Å². The number of rotatable bonds is 14. The van der Waals surface area contributed by atoms with E-state index in [0.29, 0.717) is 13.2 Å². The van der Waals surface area contributed by atoms with Crippen molar-refractivity contribution in [1.82, 2.24) is 19.9 Å². The van der Waals surface area contributed by atoms with Gasteiger partial charge in [0, 0.05) is 57.2 Å². The lowest BCUT2D eigenvalue weighted by molar-refractivity contribution is -0.870. The Hall–Kier alpha value is -7.00. The zero-order valence-electron chi connectivity index (χ0n) is 37.9. The number of hydrogen-bond donors (Lipinski definition) is 2. The lowest BCUT2D eigenvalue weighted by Crippen LogP contribution is -2.36. The molecular formula is C56H58N6O2+2. The molecule has 0 atom stereocenters. The normalized spacial score (nSPS) is 12.5. The number of ether oxygens (including phenoxy) is 2. The zero-order valence-corrected chi connectivity index (χ0v) is 37.9. The van der Waals surface area contributed by atoms with Gasteiger partial charge in [-0.1, -0.05) is 84.9 Å². The summed E-state index contributed by atoms with van der Waals surface area (Å²) in [6.07, 6.45) is 10.5. The van der Waals surface area contributed by atoms with Crippen molar-refractivity contribution in [2.45, 2.75) is 12.8 Å². The smallest absolute Gasteiger partial charge is 0.119 e. The quantitative estimate of drug-likeness (QED) is 0.0844. The predicted octanol–water partition coefficient (Wildman–Crippen LogP) is 12.3. The summed E-state index contributed by atoms with van der Waals surface area (Å²) in [6.45, 7) is 3.44. The number of nitrogens with zero attached hydrogens (tertiary/aromatic N) is 4. The molecule has 0 unspecified atom stereocenters. The highest BCUT2D eigenvalue weighted by Gasteiger charge is 2.19. The van der Waals surface area contributed by atoms with Gasteiger partial charge in [0.25, 0.3) is 0 Å². The zero-order chi connectivity index (χ0) is 44.3. The van der Waals surface area contributed by atoms with Crippen LogP contribution >= 0.6 is 0 Å². The molecule has 2 N–H and O–H groups in total. The van der Waals surface area contributed by atoms with Crippen LogP contribution < -0.4 is 9.47 Å². The fraction of sp³-hybridized carbons (Fsp3) is 0.214. The number of quaternary nitrogens is 2. The van der Waals surface area contributed by atoms with Gasteiger partial charge < -0.3 is 28.4 Å². The van der Waals surface area contributed by atoms with Gasteiger partial charge in [0.2, 0.25) is 0 Å². The van der Waals surface area contributed by atoms with E-state index in [2.05, 4.69) is 210 Å². The highest BCUT2D eigenvalue weighted by Crippen LogP contribution is 2.39. The fourth-order valence-corrected chi connectivity index (χ4v) is 8.52. The molecule has 4 aromatic carbocycles. The molecule has 322 valence electrons. The maximum Gasteiger partial charge on any atom is 0.119 e. The molecule has 0 saturated carbocycles. The molecule has 7 aromatic rings. The average molecular weight is 847 g/mol. The van der Waals surface area contributed by atoms with Crippen LogP contribution in [0.4, 0.5) is 0 Å². The van der Waals surface area contributed by atoms with Crippen LogP contribution in [0.1, 0.15) is 35.6 Å². The van der Waals surface area contributed by atoms with Crippen molar-refractivity contribution >= 4 is 46.4 Å². The standard InChI is InChI=1S/C56H58N6O2/c1-61(2,3)35-13-37-63-43-23-19-41(20-24-43)55-49-31-27-45(57-49)53(39-15-9-7-10-16-39)47-29-33-51(59-47)56(42-21-25-44(26-22-42)64-38-14-36-62(4,5)6)52-34-30-48(60-52)54(40-17-11-8-12-18-40)46-28-32-50(55)58-46/h7-12,15-34,57,60H,13-14,35-38H2,1-6H3/q+2. The monoisotopic (exact) mass is 846 g/mol. The SMILES string of the molecule is C[N+](C)(C)CCCOc1ccc(-c2c3nc(c(-c4ccccc4)c4ccc([nH]4)c(-c4ccc(OCCC[N+](C)(C)C)cc4)c4nc(c(-c5ccccc5)c5ccc2[nH]5)C=C4)C=C3)cc1. The first kappa shape index (κ1) is 42.3. The first-order valence-corrected chi connectivity index (χ1v) is 22.3. The van der Waals surface area contributed by atoms with E-state index >= 15 is 0 Å². The van der Waals surface area contributed by atoms with Crippen LogP contribution in [0.2, 0.25) is 0 Å². The van der Waals surface area contributed by atoms with E-state index in [-0.39, 0.29) is 0 Å². The molecule has 2 aliphatic rings.